The Labute approximate surface area is 165 Å². The largest absolute Gasteiger partial charge is 0.493 e. The van der Waals surface area contributed by atoms with E-state index >= 15 is 0 Å². The van der Waals surface area contributed by atoms with E-state index in [4.69, 9.17) is 9.47 Å². The lowest BCUT2D eigenvalue weighted by atomic mass is 9.96. The molecule has 1 saturated carbocycles. The molecule has 0 N–H and O–H groups in total. The Bertz CT molecular complexity index is 933. The van der Waals surface area contributed by atoms with Crippen LogP contribution in [0.15, 0.2) is 67.1 Å². The van der Waals surface area contributed by atoms with Crippen molar-refractivity contribution in [2.45, 2.75) is 31.8 Å². The quantitative estimate of drug-likeness (QED) is 0.581. The van der Waals surface area contributed by atoms with Crippen molar-refractivity contribution in [1.29, 1.82) is 0 Å². The fourth-order valence-electron chi connectivity index (χ4n) is 3.61. The van der Waals surface area contributed by atoms with E-state index in [0.29, 0.717) is 0 Å². The zero-order valence-electron chi connectivity index (χ0n) is 16.0. The Morgan fingerprint density at radius 3 is 2.50 bits per heavy atom. The van der Waals surface area contributed by atoms with E-state index < -0.39 is 0 Å². The van der Waals surface area contributed by atoms with Crippen LogP contribution in [0.1, 0.15) is 42.5 Å². The first-order chi connectivity index (χ1) is 13.8. The Hall–Kier alpha value is -3.14. The number of aromatic nitrogens is 2. The average Bonchev–Trinajstić information content (AvgIpc) is 3.26. The predicted molar refractivity (Wildman–Crippen MR) is 111 cm³/mol. The van der Waals surface area contributed by atoms with Crippen LogP contribution in [0.25, 0.3) is 11.6 Å². The fraction of sp³-hybridized carbons (Fsp3) is 0.250. The predicted octanol–water partition coefficient (Wildman–Crippen LogP) is 5.40. The van der Waals surface area contributed by atoms with Crippen molar-refractivity contribution in [2.75, 3.05) is 7.11 Å². The van der Waals surface area contributed by atoms with Crippen molar-refractivity contribution in [3.8, 4) is 11.5 Å². The molecule has 28 heavy (non-hydrogen) atoms. The van der Waals surface area contributed by atoms with Gasteiger partial charge in [0.2, 0.25) is 0 Å². The lowest BCUT2D eigenvalue weighted by molar-refractivity contribution is 0.201. The van der Waals surface area contributed by atoms with E-state index in [1.54, 1.807) is 19.6 Å². The maximum absolute atomic E-state index is 6.30. The number of methoxy groups -OCH3 is 1. The summed E-state index contributed by atoms with van der Waals surface area (Å²) in [5.41, 5.74) is 4.14. The highest BCUT2D eigenvalue weighted by Crippen LogP contribution is 2.36. The third-order valence-electron chi connectivity index (χ3n) is 5.05. The average molecular weight is 372 g/mol. The number of hydrogen-bond acceptors (Lipinski definition) is 4. The smallest absolute Gasteiger partial charge is 0.162 e. The van der Waals surface area contributed by atoms with E-state index in [9.17, 15) is 0 Å². The van der Waals surface area contributed by atoms with Crippen LogP contribution in [0, 0.1) is 0 Å². The van der Waals surface area contributed by atoms with Crippen molar-refractivity contribution in [3.05, 3.63) is 83.9 Å². The van der Waals surface area contributed by atoms with Crippen LogP contribution in [0.5, 0.6) is 11.5 Å². The first kappa shape index (κ1) is 18.2. The summed E-state index contributed by atoms with van der Waals surface area (Å²) in [5.74, 6) is 1.57. The summed E-state index contributed by atoms with van der Waals surface area (Å²) < 4.78 is 11.8. The minimum absolute atomic E-state index is 0.273. The molecule has 1 aliphatic carbocycles. The summed E-state index contributed by atoms with van der Waals surface area (Å²) >= 11 is 0. The highest BCUT2D eigenvalue weighted by Gasteiger charge is 2.19. The number of ether oxygens (including phenoxy) is 2. The highest BCUT2D eigenvalue weighted by atomic mass is 16.5. The van der Waals surface area contributed by atoms with E-state index in [0.717, 1.165) is 46.7 Å². The minimum atomic E-state index is 0.273. The van der Waals surface area contributed by atoms with Crippen LogP contribution in [0.2, 0.25) is 0 Å². The van der Waals surface area contributed by atoms with Crippen molar-refractivity contribution < 1.29 is 9.47 Å². The molecule has 0 spiro atoms. The molecule has 142 valence electrons. The minimum Gasteiger partial charge on any atom is -0.493 e. The van der Waals surface area contributed by atoms with Crippen molar-refractivity contribution >= 4 is 11.6 Å². The van der Waals surface area contributed by atoms with Gasteiger partial charge in [0.15, 0.2) is 11.5 Å². The Balaban J connectivity index is 1.76. The highest BCUT2D eigenvalue weighted by molar-refractivity contribution is 5.91. The van der Waals surface area contributed by atoms with E-state index in [2.05, 4.69) is 40.3 Å². The Morgan fingerprint density at radius 2 is 1.79 bits per heavy atom. The van der Waals surface area contributed by atoms with E-state index in [1.165, 1.54) is 12.8 Å². The summed E-state index contributed by atoms with van der Waals surface area (Å²) in [6, 6.07) is 18.4. The monoisotopic (exact) mass is 372 g/mol. The van der Waals surface area contributed by atoms with E-state index in [1.807, 2.05) is 30.3 Å². The molecule has 0 aliphatic heterocycles. The van der Waals surface area contributed by atoms with Gasteiger partial charge in [0, 0.05) is 6.20 Å². The molecular weight excluding hydrogens is 348 g/mol. The second-order valence-electron chi connectivity index (χ2n) is 6.95. The van der Waals surface area contributed by atoms with Gasteiger partial charge in [-0.25, -0.2) is 9.97 Å². The maximum atomic E-state index is 6.30. The molecule has 4 rings (SSSR count). The van der Waals surface area contributed by atoms with Gasteiger partial charge in [0.05, 0.1) is 18.9 Å². The van der Waals surface area contributed by atoms with Crippen LogP contribution >= 0.6 is 0 Å². The molecule has 0 bridgehead atoms. The van der Waals surface area contributed by atoms with Crippen molar-refractivity contribution in [1.82, 2.24) is 9.97 Å². The maximum Gasteiger partial charge on any atom is 0.162 e. The molecule has 1 heterocycles. The lowest BCUT2D eigenvalue weighted by Gasteiger charge is -2.18. The third kappa shape index (κ3) is 4.22. The third-order valence-corrected chi connectivity index (χ3v) is 5.05. The molecule has 3 aromatic rings. The molecule has 0 unspecified atom stereocenters. The molecule has 0 saturated heterocycles. The van der Waals surface area contributed by atoms with Crippen molar-refractivity contribution in [2.24, 2.45) is 0 Å². The summed E-state index contributed by atoms with van der Waals surface area (Å²) in [7, 11) is 1.69. The molecule has 4 nitrogen and oxygen atoms in total. The molecule has 0 atom stereocenters. The van der Waals surface area contributed by atoms with Gasteiger partial charge in [-0.15, -0.1) is 0 Å². The van der Waals surface area contributed by atoms with Gasteiger partial charge in [-0.2, -0.15) is 0 Å². The normalized spacial score (nSPS) is 14.8. The zero-order chi connectivity index (χ0) is 19.2. The summed E-state index contributed by atoms with van der Waals surface area (Å²) in [4.78, 5) is 8.38. The van der Waals surface area contributed by atoms with Crippen LogP contribution in [-0.2, 0) is 0 Å². The summed E-state index contributed by atoms with van der Waals surface area (Å²) in [6.45, 7) is 0. The van der Waals surface area contributed by atoms with Crippen LogP contribution < -0.4 is 9.47 Å². The second kappa shape index (κ2) is 8.70. The van der Waals surface area contributed by atoms with Crippen LogP contribution in [0.4, 0.5) is 0 Å². The number of hydrogen-bond donors (Lipinski definition) is 0. The SMILES string of the molecule is COc1ccc(/C(=C/c2ccncn2)c2ccccc2)cc1OC1CCCC1. The molecule has 0 amide bonds. The Morgan fingerprint density at radius 1 is 0.964 bits per heavy atom. The van der Waals surface area contributed by atoms with Gasteiger partial charge < -0.3 is 9.47 Å². The van der Waals surface area contributed by atoms with Gasteiger partial charge in [-0.05, 0) is 66.7 Å². The number of rotatable bonds is 6. The molecule has 1 fully saturated rings. The molecule has 1 aliphatic rings. The lowest BCUT2D eigenvalue weighted by Crippen LogP contribution is -2.11. The molecular formula is C24H24N2O2. The first-order valence-corrected chi connectivity index (χ1v) is 9.71. The van der Waals surface area contributed by atoms with Gasteiger partial charge in [0.1, 0.15) is 6.33 Å². The fourth-order valence-corrected chi connectivity index (χ4v) is 3.61. The molecule has 0 radical (unpaired) electrons. The van der Waals surface area contributed by atoms with Crippen LogP contribution in [0.3, 0.4) is 0 Å². The number of nitrogens with zero attached hydrogens (tertiary/aromatic N) is 2. The Kier molecular flexibility index (Phi) is 5.66. The molecule has 4 heteroatoms. The number of benzene rings is 2. The molecule has 1 aromatic heterocycles. The zero-order valence-corrected chi connectivity index (χ0v) is 16.0. The van der Waals surface area contributed by atoms with Crippen LogP contribution in [-0.4, -0.2) is 23.2 Å². The van der Waals surface area contributed by atoms with Gasteiger partial charge in [-0.1, -0.05) is 36.4 Å². The summed E-state index contributed by atoms with van der Waals surface area (Å²) in [5, 5.41) is 0. The first-order valence-electron chi connectivity index (χ1n) is 9.71. The topological polar surface area (TPSA) is 44.2 Å². The standard InChI is InChI=1S/C24H24N2O2/c1-27-23-12-11-19(15-24(23)28-21-9-5-6-10-21)22(18-7-3-2-4-8-18)16-20-13-14-25-17-26-20/h2-4,7-8,11-17,21H,5-6,9-10H2,1H3/b22-16+. The molecule has 2 aromatic carbocycles. The second-order valence-corrected chi connectivity index (χ2v) is 6.95. The van der Waals surface area contributed by atoms with Gasteiger partial charge in [0.25, 0.3) is 0 Å². The van der Waals surface area contributed by atoms with Gasteiger partial charge >= 0.3 is 0 Å². The van der Waals surface area contributed by atoms with E-state index in [-0.39, 0.29) is 6.10 Å². The summed E-state index contributed by atoms with van der Waals surface area (Å²) in [6.07, 6.45) is 10.4. The van der Waals surface area contributed by atoms with Gasteiger partial charge in [-0.3, -0.25) is 0 Å². The van der Waals surface area contributed by atoms with Crippen molar-refractivity contribution in [3.63, 3.8) is 0 Å².